The van der Waals surface area contributed by atoms with E-state index in [0.29, 0.717) is 29.8 Å². The molecule has 2 atom stereocenters. The monoisotopic (exact) mass is 533 g/mol. The number of hydrogen-bond acceptors (Lipinski definition) is 5. The highest BCUT2D eigenvalue weighted by Crippen LogP contribution is 2.50. The van der Waals surface area contributed by atoms with E-state index in [9.17, 15) is 31.1 Å². The van der Waals surface area contributed by atoms with E-state index in [4.69, 9.17) is 21.3 Å². The van der Waals surface area contributed by atoms with Gasteiger partial charge < -0.3 is 15.0 Å². The lowest BCUT2D eigenvalue weighted by atomic mass is 9.85. The summed E-state index contributed by atoms with van der Waals surface area (Å²) in [6.45, 7) is 3.32. The third-order valence-corrected chi connectivity index (χ3v) is 6.01. The molecule has 0 aromatic heterocycles. The van der Waals surface area contributed by atoms with Crippen molar-refractivity contribution in [2.24, 2.45) is 10.3 Å². The molecule has 1 amide bonds. The van der Waals surface area contributed by atoms with Crippen LogP contribution in [0.25, 0.3) is 0 Å². The molecular formula is C23H18ClF6N3O3. The van der Waals surface area contributed by atoms with Crippen LogP contribution in [0, 0.1) is 6.92 Å². The van der Waals surface area contributed by atoms with Gasteiger partial charge in [-0.05, 0) is 55.3 Å². The van der Waals surface area contributed by atoms with Crippen LogP contribution in [0.15, 0.2) is 46.7 Å². The number of hydrogen-bond donors (Lipinski definition) is 1. The highest BCUT2D eigenvalue weighted by atomic mass is 35.5. The zero-order chi connectivity index (χ0) is 26.5. The Labute approximate surface area is 205 Å². The quantitative estimate of drug-likeness (QED) is 0.483. The predicted molar refractivity (Wildman–Crippen MR) is 118 cm³/mol. The first kappa shape index (κ1) is 25.8. The Bertz CT molecular complexity index is 1270. The zero-order valence-electron chi connectivity index (χ0n) is 18.7. The summed E-state index contributed by atoms with van der Waals surface area (Å²) in [5.41, 5.74) is -3.90. The van der Waals surface area contributed by atoms with Crippen LogP contribution in [0.4, 0.5) is 26.3 Å². The van der Waals surface area contributed by atoms with Crippen molar-refractivity contribution in [2.75, 3.05) is 0 Å². The molecule has 6 nitrogen and oxygen atoms in total. The highest BCUT2D eigenvalue weighted by Gasteiger charge is 2.62. The number of carbonyl (C=O) groups excluding carboxylic acids is 1. The van der Waals surface area contributed by atoms with Crippen LogP contribution in [0.1, 0.15) is 52.4 Å². The minimum absolute atomic E-state index is 0.154. The topological polar surface area (TPSA) is 72.3 Å². The first-order valence-electron chi connectivity index (χ1n) is 10.5. The molecule has 36 heavy (non-hydrogen) atoms. The molecule has 0 aliphatic carbocycles. The van der Waals surface area contributed by atoms with Crippen molar-refractivity contribution in [3.8, 4) is 0 Å². The van der Waals surface area contributed by atoms with E-state index in [1.165, 1.54) is 18.2 Å². The summed E-state index contributed by atoms with van der Waals surface area (Å²) in [7, 11) is 0. The van der Waals surface area contributed by atoms with Crippen molar-refractivity contribution in [1.29, 1.82) is 0 Å². The first-order valence-corrected chi connectivity index (χ1v) is 10.9. The molecule has 0 fully saturated rings. The molecule has 192 valence electrons. The number of rotatable bonds is 4. The average molecular weight is 534 g/mol. The summed E-state index contributed by atoms with van der Waals surface area (Å²) in [5.74, 6) is -0.471. The van der Waals surface area contributed by atoms with Crippen LogP contribution in [0.5, 0.6) is 0 Å². The zero-order valence-corrected chi connectivity index (χ0v) is 19.5. The number of benzene rings is 2. The standard InChI is InChI=1S/C23H18ClF6N3O3/c1-11-5-13(3-4-17(11)20(34)31-19-6-12(2)32-35-19)18-10-21(36-33-18,23(28,29)30)14-7-15(22(25,26)27)9-16(24)8-14/h3-5,7-9,19H,6,10H2,1-2H3,(H,31,34)/t19?,21-/m0/s1. The largest absolute Gasteiger partial charge is 0.435 e. The number of carbonyl (C=O) groups is 1. The van der Waals surface area contributed by atoms with Gasteiger partial charge in [0, 0.05) is 29.0 Å². The van der Waals surface area contributed by atoms with Crippen molar-refractivity contribution in [3.63, 3.8) is 0 Å². The summed E-state index contributed by atoms with van der Waals surface area (Å²) in [5, 5.41) is 9.43. The molecule has 0 radical (unpaired) electrons. The van der Waals surface area contributed by atoms with Crippen LogP contribution in [0.3, 0.4) is 0 Å². The van der Waals surface area contributed by atoms with Gasteiger partial charge in [0.25, 0.3) is 11.5 Å². The van der Waals surface area contributed by atoms with Gasteiger partial charge in [-0.2, -0.15) is 26.3 Å². The van der Waals surface area contributed by atoms with E-state index >= 15 is 0 Å². The first-order chi connectivity index (χ1) is 16.7. The Kier molecular flexibility index (Phi) is 6.44. The molecule has 2 aliphatic rings. The van der Waals surface area contributed by atoms with Crippen LogP contribution in [0.2, 0.25) is 5.02 Å². The number of halogens is 7. The summed E-state index contributed by atoms with van der Waals surface area (Å²) in [4.78, 5) is 22.5. The van der Waals surface area contributed by atoms with E-state index in [0.717, 1.165) is 6.07 Å². The van der Waals surface area contributed by atoms with Gasteiger partial charge in [-0.3, -0.25) is 4.79 Å². The smallest absolute Gasteiger partial charge is 0.374 e. The second-order valence-electron chi connectivity index (χ2n) is 8.49. The Morgan fingerprint density at radius 2 is 1.81 bits per heavy atom. The van der Waals surface area contributed by atoms with Gasteiger partial charge in [-0.25, -0.2) is 0 Å². The normalized spacial score (nSPS) is 22.0. The van der Waals surface area contributed by atoms with Gasteiger partial charge in [-0.1, -0.05) is 28.0 Å². The number of nitrogens with zero attached hydrogens (tertiary/aromatic N) is 2. The molecule has 4 rings (SSSR count). The van der Waals surface area contributed by atoms with Gasteiger partial charge in [0.15, 0.2) is 0 Å². The summed E-state index contributed by atoms with van der Waals surface area (Å²) >= 11 is 5.72. The fraction of sp³-hybridized carbons (Fsp3) is 0.348. The van der Waals surface area contributed by atoms with E-state index in [1.807, 2.05) is 0 Å². The number of oxime groups is 2. The minimum atomic E-state index is -5.12. The Hall–Kier alpha value is -3.28. The number of alkyl halides is 6. The molecule has 2 aromatic rings. The lowest BCUT2D eigenvalue weighted by Crippen LogP contribution is -2.43. The molecule has 1 N–H and O–H groups in total. The van der Waals surface area contributed by atoms with Crippen LogP contribution < -0.4 is 5.32 Å². The SMILES string of the molecule is CC1=NOC(NC(=O)c2ccc(C3=NO[C@@](c4cc(Cl)cc(C(F)(F)F)c4)(C(F)(F)F)C3)cc2C)C1. The number of aryl methyl sites for hydroxylation is 1. The molecule has 2 heterocycles. The van der Waals surface area contributed by atoms with Gasteiger partial charge in [-0.15, -0.1) is 0 Å². The lowest BCUT2D eigenvalue weighted by Gasteiger charge is -2.30. The fourth-order valence-electron chi connectivity index (χ4n) is 3.94. The van der Waals surface area contributed by atoms with Crippen molar-refractivity contribution >= 4 is 28.9 Å². The maximum Gasteiger partial charge on any atom is 0.435 e. The molecule has 2 aliphatic heterocycles. The van der Waals surface area contributed by atoms with Gasteiger partial charge >= 0.3 is 12.4 Å². The second kappa shape index (κ2) is 8.99. The Morgan fingerprint density at radius 3 is 2.39 bits per heavy atom. The van der Waals surface area contributed by atoms with E-state index in [1.54, 1.807) is 13.8 Å². The van der Waals surface area contributed by atoms with Crippen molar-refractivity contribution < 1.29 is 40.8 Å². The molecule has 2 aromatic carbocycles. The summed E-state index contributed by atoms with van der Waals surface area (Å²) < 4.78 is 82.4. The average Bonchev–Trinajstić information content (AvgIpc) is 3.39. The summed E-state index contributed by atoms with van der Waals surface area (Å²) in [6, 6.07) is 5.89. The Morgan fingerprint density at radius 1 is 1.08 bits per heavy atom. The fourth-order valence-corrected chi connectivity index (χ4v) is 4.18. The molecule has 13 heteroatoms. The van der Waals surface area contributed by atoms with Crippen LogP contribution >= 0.6 is 11.6 Å². The predicted octanol–water partition coefficient (Wildman–Crippen LogP) is 6.10. The third kappa shape index (κ3) is 4.86. The number of nitrogens with one attached hydrogen (secondary N) is 1. The second-order valence-corrected chi connectivity index (χ2v) is 8.92. The molecule has 0 bridgehead atoms. The molecular weight excluding hydrogens is 516 g/mol. The van der Waals surface area contributed by atoms with Crippen molar-refractivity contribution in [2.45, 2.75) is 50.9 Å². The van der Waals surface area contributed by atoms with E-state index in [2.05, 4.69) is 15.6 Å². The molecule has 0 saturated heterocycles. The molecule has 1 unspecified atom stereocenters. The number of amides is 1. The highest BCUT2D eigenvalue weighted by molar-refractivity contribution is 6.30. The molecule has 0 saturated carbocycles. The van der Waals surface area contributed by atoms with Crippen molar-refractivity contribution in [1.82, 2.24) is 5.32 Å². The van der Waals surface area contributed by atoms with E-state index in [-0.39, 0.29) is 16.8 Å². The molecule has 0 spiro atoms. The minimum Gasteiger partial charge on any atom is -0.374 e. The maximum atomic E-state index is 14.2. The Balaban J connectivity index is 1.61. The lowest BCUT2D eigenvalue weighted by molar-refractivity contribution is -0.276. The van der Waals surface area contributed by atoms with Gasteiger partial charge in [0.05, 0.1) is 17.0 Å². The van der Waals surface area contributed by atoms with Crippen LogP contribution in [-0.4, -0.2) is 29.7 Å². The van der Waals surface area contributed by atoms with Crippen LogP contribution in [-0.2, 0) is 21.5 Å². The van der Waals surface area contributed by atoms with E-state index < -0.39 is 52.7 Å². The van der Waals surface area contributed by atoms with Gasteiger partial charge in [0.1, 0.15) is 0 Å². The van der Waals surface area contributed by atoms with Gasteiger partial charge in [0.2, 0.25) is 6.23 Å². The van der Waals surface area contributed by atoms with Crippen molar-refractivity contribution in [3.05, 3.63) is 69.2 Å². The maximum absolute atomic E-state index is 14.2. The summed E-state index contributed by atoms with van der Waals surface area (Å²) in [6.07, 6.45) is -11.2. The third-order valence-electron chi connectivity index (χ3n) is 5.79.